The number of hydrogen-bond acceptors (Lipinski definition) is 3. The highest BCUT2D eigenvalue weighted by Crippen LogP contribution is 2.20. The van der Waals surface area contributed by atoms with E-state index < -0.39 is 0 Å². The molecule has 110 valence electrons. The number of aromatic nitrogens is 2. The van der Waals surface area contributed by atoms with Crippen LogP contribution < -0.4 is 10.6 Å². The van der Waals surface area contributed by atoms with Gasteiger partial charge in [-0.2, -0.15) is 0 Å². The number of rotatable bonds is 5. The van der Waals surface area contributed by atoms with E-state index >= 15 is 0 Å². The average Bonchev–Trinajstić information content (AvgIpc) is 3.22. The topological polar surface area (TPSA) is 75.5 Å². The highest BCUT2D eigenvalue weighted by Gasteiger charge is 2.27. The highest BCUT2D eigenvalue weighted by atomic mass is 16.2. The molecule has 0 atom stereocenters. The number of fused-ring (bicyclic) bond motifs is 1. The monoisotopic (exact) mass is 286 g/mol. The molecule has 2 heterocycles. The number of imidazole rings is 1. The van der Waals surface area contributed by atoms with Crippen LogP contribution >= 0.6 is 0 Å². The summed E-state index contributed by atoms with van der Waals surface area (Å²) in [5.41, 5.74) is 0.960. The van der Waals surface area contributed by atoms with Crippen molar-refractivity contribution in [3.05, 3.63) is 35.9 Å². The van der Waals surface area contributed by atoms with Crippen molar-refractivity contribution < 1.29 is 9.59 Å². The predicted octanol–water partition coefficient (Wildman–Crippen LogP) is 1.37. The first kappa shape index (κ1) is 13.6. The Balaban J connectivity index is 1.96. The molecule has 2 amide bonds. The number of hydrogen-bond donors (Lipinski definition) is 2. The molecule has 1 aliphatic rings. The van der Waals surface area contributed by atoms with E-state index in [1.165, 1.54) is 0 Å². The Hall–Kier alpha value is -2.37. The van der Waals surface area contributed by atoms with E-state index in [1.54, 1.807) is 16.7 Å². The average molecular weight is 286 g/mol. The third-order valence-electron chi connectivity index (χ3n) is 3.41. The fraction of sp³-hybridized carbons (Fsp3) is 0.400. The molecule has 0 saturated heterocycles. The van der Waals surface area contributed by atoms with Gasteiger partial charge in [0.15, 0.2) is 5.69 Å². The lowest BCUT2D eigenvalue weighted by Gasteiger charge is -2.01. The van der Waals surface area contributed by atoms with Crippen molar-refractivity contribution in [2.24, 2.45) is 0 Å². The first-order chi connectivity index (χ1) is 10.2. The second-order valence-electron chi connectivity index (χ2n) is 5.24. The molecule has 2 aromatic rings. The van der Waals surface area contributed by atoms with Crippen LogP contribution in [0.4, 0.5) is 0 Å². The van der Waals surface area contributed by atoms with E-state index in [-0.39, 0.29) is 23.7 Å². The lowest BCUT2D eigenvalue weighted by atomic mass is 10.3. The fourth-order valence-corrected chi connectivity index (χ4v) is 2.16. The van der Waals surface area contributed by atoms with E-state index in [2.05, 4.69) is 15.6 Å². The SMILES string of the molecule is CCCNC(=O)c1nc(C(=O)NC2CC2)c2ccccn12. The molecule has 1 saturated carbocycles. The van der Waals surface area contributed by atoms with Crippen LogP contribution in [0.15, 0.2) is 24.4 Å². The Labute approximate surface area is 122 Å². The molecule has 1 fully saturated rings. The van der Waals surface area contributed by atoms with Gasteiger partial charge in [0.25, 0.3) is 11.8 Å². The van der Waals surface area contributed by atoms with E-state index in [1.807, 2.05) is 19.1 Å². The van der Waals surface area contributed by atoms with Crippen LogP contribution in [0.25, 0.3) is 5.52 Å². The Morgan fingerprint density at radius 1 is 1.33 bits per heavy atom. The summed E-state index contributed by atoms with van der Waals surface area (Å²) in [5.74, 6) is -0.223. The number of nitrogens with one attached hydrogen (secondary N) is 2. The van der Waals surface area contributed by atoms with Crippen LogP contribution in [-0.2, 0) is 0 Å². The normalized spacial score (nSPS) is 14.1. The van der Waals surface area contributed by atoms with Crippen molar-refractivity contribution in [3.63, 3.8) is 0 Å². The largest absolute Gasteiger partial charge is 0.349 e. The molecule has 6 nitrogen and oxygen atoms in total. The smallest absolute Gasteiger partial charge is 0.287 e. The molecule has 0 aromatic carbocycles. The zero-order valence-electron chi connectivity index (χ0n) is 11.9. The van der Waals surface area contributed by atoms with Gasteiger partial charge in [0, 0.05) is 18.8 Å². The Morgan fingerprint density at radius 3 is 2.86 bits per heavy atom. The molecule has 1 aliphatic carbocycles. The van der Waals surface area contributed by atoms with Gasteiger partial charge >= 0.3 is 0 Å². The predicted molar refractivity (Wildman–Crippen MR) is 78.3 cm³/mol. The highest BCUT2D eigenvalue weighted by molar-refractivity contribution is 6.02. The fourth-order valence-electron chi connectivity index (χ4n) is 2.16. The van der Waals surface area contributed by atoms with E-state index in [0.717, 1.165) is 19.3 Å². The number of nitrogens with zero attached hydrogens (tertiary/aromatic N) is 2. The summed E-state index contributed by atoms with van der Waals surface area (Å²) in [6, 6.07) is 5.70. The van der Waals surface area contributed by atoms with Crippen LogP contribution in [0.5, 0.6) is 0 Å². The maximum Gasteiger partial charge on any atom is 0.287 e. The molecule has 0 aliphatic heterocycles. The van der Waals surface area contributed by atoms with Gasteiger partial charge in [0.1, 0.15) is 0 Å². The number of amides is 2. The Kier molecular flexibility index (Phi) is 3.60. The molecular formula is C15H18N4O2. The van der Waals surface area contributed by atoms with Crippen LogP contribution in [0, 0.1) is 0 Å². The number of pyridine rings is 1. The second kappa shape index (κ2) is 5.55. The minimum absolute atomic E-state index is 0.212. The quantitative estimate of drug-likeness (QED) is 0.871. The van der Waals surface area contributed by atoms with Gasteiger partial charge in [0.2, 0.25) is 5.82 Å². The summed E-state index contributed by atoms with van der Waals surface area (Å²) in [7, 11) is 0. The van der Waals surface area contributed by atoms with Crippen molar-refractivity contribution in [2.45, 2.75) is 32.2 Å². The lowest BCUT2D eigenvalue weighted by Crippen LogP contribution is -2.27. The summed E-state index contributed by atoms with van der Waals surface area (Å²) < 4.78 is 1.66. The zero-order chi connectivity index (χ0) is 14.8. The van der Waals surface area contributed by atoms with Gasteiger partial charge in [-0.05, 0) is 31.4 Å². The number of carbonyl (C=O) groups excluding carboxylic acids is 2. The minimum Gasteiger partial charge on any atom is -0.349 e. The van der Waals surface area contributed by atoms with E-state index in [9.17, 15) is 9.59 Å². The van der Waals surface area contributed by atoms with Crippen LogP contribution in [0.2, 0.25) is 0 Å². The summed E-state index contributed by atoms with van der Waals surface area (Å²) in [4.78, 5) is 28.7. The summed E-state index contributed by atoms with van der Waals surface area (Å²) in [5, 5.41) is 5.70. The van der Waals surface area contributed by atoms with E-state index in [4.69, 9.17) is 0 Å². The summed E-state index contributed by atoms with van der Waals surface area (Å²) in [6.07, 6.45) is 4.63. The van der Waals surface area contributed by atoms with Gasteiger partial charge in [-0.1, -0.05) is 13.0 Å². The molecule has 0 spiro atoms. The van der Waals surface area contributed by atoms with Crippen molar-refractivity contribution >= 4 is 17.3 Å². The Morgan fingerprint density at radius 2 is 2.14 bits per heavy atom. The molecule has 0 bridgehead atoms. The molecule has 2 N–H and O–H groups in total. The van der Waals surface area contributed by atoms with Crippen molar-refractivity contribution in [1.29, 1.82) is 0 Å². The van der Waals surface area contributed by atoms with Gasteiger partial charge in [-0.3, -0.25) is 14.0 Å². The molecule has 3 rings (SSSR count). The van der Waals surface area contributed by atoms with Gasteiger partial charge in [-0.15, -0.1) is 0 Å². The summed E-state index contributed by atoms with van der Waals surface area (Å²) in [6.45, 7) is 2.57. The van der Waals surface area contributed by atoms with E-state index in [0.29, 0.717) is 17.8 Å². The number of carbonyl (C=O) groups is 2. The van der Waals surface area contributed by atoms with Gasteiger partial charge in [-0.25, -0.2) is 4.98 Å². The minimum atomic E-state index is -0.261. The Bertz CT molecular complexity index is 688. The van der Waals surface area contributed by atoms with Crippen LogP contribution in [0.3, 0.4) is 0 Å². The zero-order valence-corrected chi connectivity index (χ0v) is 11.9. The van der Waals surface area contributed by atoms with Crippen LogP contribution in [0.1, 0.15) is 47.3 Å². The molecular weight excluding hydrogens is 268 g/mol. The molecule has 6 heteroatoms. The third kappa shape index (κ3) is 2.74. The van der Waals surface area contributed by atoms with Crippen molar-refractivity contribution in [1.82, 2.24) is 20.0 Å². The first-order valence-electron chi connectivity index (χ1n) is 7.27. The molecule has 0 unspecified atom stereocenters. The van der Waals surface area contributed by atoms with Crippen molar-refractivity contribution in [2.75, 3.05) is 6.54 Å². The second-order valence-corrected chi connectivity index (χ2v) is 5.24. The maximum atomic E-state index is 12.2. The molecule has 21 heavy (non-hydrogen) atoms. The van der Waals surface area contributed by atoms with Crippen molar-refractivity contribution in [3.8, 4) is 0 Å². The standard InChI is InChI=1S/C15H18N4O2/c1-2-8-16-15(21)13-18-12(14(20)17-10-6-7-10)11-5-3-4-9-19(11)13/h3-5,9-10H,2,6-8H2,1H3,(H,16,21)(H,17,20). The van der Waals surface area contributed by atoms with Crippen LogP contribution in [-0.4, -0.2) is 33.8 Å². The third-order valence-corrected chi connectivity index (χ3v) is 3.41. The first-order valence-corrected chi connectivity index (χ1v) is 7.27. The van der Waals surface area contributed by atoms with Gasteiger partial charge in [0.05, 0.1) is 5.52 Å². The lowest BCUT2D eigenvalue weighted by molar-refractivity contribution is 0.0942. The summed E-state index contributed by atoms with van der Waals surface area (Å²) >= 11 is 0. The maximum absolute atomic E-state index is 12.2. The molecule has 2 aromatic heterocycles. The molecule has 0 radical (unpaired) electrons. The van der Waals surface area contributed by atoms with Gasteiger partial charge < -0.3 is 10.6 Å².